The van der Waals surface area contributed by atoms with Gasteiger partial charge in [0, 0.05) is 32.3 Å². The number of benzene rings is 2. The molecule has 0 aromatic heterocycles. The van der Waals surface area contributed by atoms with Crippen LogP contribution in [0, 0.1) is 0 Å². The molecule has 5 heteroatoms. The molecule has 2 aromatic rings. The van der Waals surface area contributed by atoms with Crippen molar-refractivity contribution in [1.82, 2.24) is 0 Å². The summed E-state index contributed by atoms with van der Waals surface area (Å²) in [5, 5.41) is 1.24. The van der Waals surface area contributed by atoms with Gasteiger partial charge in [-0.25, -0.2) is 0 Å². The van der Waals surface area contributed by atoms with Crippen LogP contribution in [0.2, 0.25) is 10.0 Å². The molecule has 1 atom stereocenters. The second kappa shape index (κ2) is 6.42. The minimum Gasteiger partial charge on any atom is -0.399 e. The fourth-order valence-electron chi connectivity index (χ4n) is 1.67. The summed E-state index contributed by atoms with van der Waals surface area (Å²) < 4.78 is 12.1. The highest BCUT2D eigenvalue weighted by Crippen LogP contribution is 2.21. The van der Waals surface area contributed by atoms with Gasteiger partial charge in [-0.05, 0) is 35.4 Å². The zero-order valence-electron chi connectivity index (χ0n) is 10.1. The molecule has 0 aliphatic rings. The summed E-state index contributed by atoms with van der Waals surface area (Å²) in [5.41, 5.74) is 8.08. The van der Waals surface area contributed by atoms with E-state index in [0.29, 0.717) is 27.2 Å². The Hall–Kier alpha value is -1.03. The van der Waals surface area contributed by atoms with Gasteiger partial charge in [-0.3, -0.25) is 4.21 Å². The number of nitrogens with two attached hydrogens (primary N) is 1. The molecule has 0 saturated heterocycles. The van der Waals surface area contributed by atoms with Crippen LogP contribution in [0.25, 0.3) is 0 Å². The molecule has 2 nitrogen and oxygen atoms in total. The van der Waals surface area contributed by atoms with E-state index in [4.69, 9.17) is 28.9 Å². The molecular weight excluding hydrogens is 301 g/mol. The molecule has 2 aromatic carbocycles. The zero-order valence-corrected chi connectivity index (χ0v) is 12.4. The van der Waals surface area contributed by atoms with Crippen LogP contribution < -0.4 is 5.73 Å². The summed E-state index contributed by atoms with van der Waals surface area (Å²) in [6, 6.07) is 12.6. The molecule has 0 spiro atoms. The minimum absolute atomic E-state index is 0.418. The van der Waals surface area contributed by atoms with Crippen molar-refractivity contribution in [3.63, 3.8) is 0 Å². The van der Waals surface area contributed by atoms with Crippen molar-refractivity contribution in [1.29, 1.82) is 0 Å². The summed E-state index contributed by atoms with van der Waals surface area (Å²) in [4.78, 5) is 0. The third-order valence-electron chi connectivity index (χ3n) is 2.63. The molecular formula is C14H13Cl2NOS. The van der Waals surface area contributed by atoms with E-state index in [2.05, 4.69) is 0 Å². The maximum atomic E-state index is 12.1. The van der Waals surface area contributed by atoms with Crippen LogP contribution in [0.1, 0.15) is 11.1 Å². The van der Waals surface area contributed by atoms with Crippen LogP contribution in [0.4, 0.5) is 5.69 Å². The molecule has 0 bridgehead atoms. The van der Waals surface area contributed by atoms with Gasteiger partial charge in [0.05, 0.1) is 5.75 Å². The van der Waals surface area contributed by atoms with E-state index in [-0.39, 0.29) is 0 Å². The van der Waals surface area contributed by atoms with Crippen LogP contribution in [0.3, 0.4) is 0 Å². The van der Waals surface area contributed by atoms with E-state index in [1.807, 2.05) is 18.2 Å². The summed E-state index contributed by atoms with van der Waals surface area (Å²) in [6.45, 7) is 0. The Labute approximate surface area is 125 Å². The van der Waals surface area contributed by atoms with Gasteiger partial charge in [0.2, 0.25) is 0 Å². The zero-order chi connectivity index (χ0) is 13.8. The Kier molecular flexibility index (Phi) is 4.86. The molecule has 0 radical (unpaired) electrons. The SMILES string of the molecule is Nc1ccc(CS(=O)Cc2ccc(Cl)cc2)c(Cl)c1. The Bertz CT molecular complexity index is 599. The first-order valence-corrected chi connectivity index (χ1v) is 7.92. The summed E-state index contributed by atoms with van der Waals surface area (Å²) >= 11 is 11.9. The van der Waals surface area contributed by atoms with Gasteiger partial charge < -0.3 is 5.73 Å². The summed E-state index contributed by atoms with van der Waals surface area (Å²) in [5.74, 6) is 0.902. The second-order valence-corrected chi connectivity index (χ2v) is 6.51. The van der Waals surface area contributed by atoms with Gasteiger partial charge in [0.15, 0.2) is 0 Å². The Morgan fingerprint density at radius 1 is 1.00 bits per heavy atom. The van der Waals surface area contributed by atoms with Crippen molar-refractivity contribution in [2.75, 3.05) is 5.73 Å². The number of hydrogen-bond acceptors (Lipinski definition) is 2. The first kappa shape index (κ1) is 14.4. The maximum Gasteiger partial charge on any atom is 0.0503 e. The number of nitrogen functional groups attached to an aromatic ring is 1. The van der Waals surface area contributed by atoms with E-state index < -0.39 is 10.8 Å². The van der Waals surface area contributed by atoms with E-state index >= 15 is 0 Å². The minimum atomic E-state index is -1.01. The molecule has 0 heterocycles. The fourth-order valence-corrected chi connectivity index (χ4v) is 3.40. The molecule has 0 saturated carbocycles. The highest BCUT2D eigenvalue weighted by Gasteiger charge is 2.07. The second-order valence-electron chi connectivity index (χ2n) is 4.21. The van der Waals surface area contributed by atoms with Crippen LogP contribution in [-0.4, -0.2) is 4.21 Å². The molecule has 0 fully saturated rings. The normalized spacial score (nSPS) is 12.3. The topological polar surface area (TPSA) is 43.1 Å². The molecule has 100 valence electrons. The van der Waals surface area contributed by atoms with E-state index in [9.17, 15) is 4.21 Å². The lowest BCUT2D eigenvalue weighted by atomic mass is 10.2. The largest absolute Gasteiger partial charge is 0.399 e. The predicted octanol–water partition coefficient (Wildman–Crippen LogP) is 4.02. The molecule has 0 amide bonds. The van der Waals surface area contributed by atoms with Gasteiger partial charge in [-0.1, -0.05) is 41.4 Å². The third-order valence-corrected chi connectivity index (χ3v) is 4.53. The van der Waals surface area contributed by atoms with Crippen molar-refractivity contribution in [2.24, 2.45) is 0 Å². The lowest BCUT2D eigenvalue weighted by Gasteiger charge is -2.06. The average molecular weight is 314 g/mol. The number of rotatable bonds is 4. The van der Waals surface area contributed by atoms with Crippen molar-refractivity contribution in [3.05, 3.63) is 63.6 Å². The molecule has 1 unspecified atom stereocenters. The molecule has 0 aliphatic heterocycles. The van der Waals surface area contributed by atoms with E-state index in [1.54, 1.807) is 24.3 Å². The van der Waals surface area contributed by atoms with Crippen molar-refractivity contribution in [2.45, 2.75) is 11.5 Å². The third kappa shape index (κ3) is 4.23. The Morgan fingerprint density at radius 2 is 1.68 bits per heavy atom. The van der Waals surface area contributed by atoms with Gasteiger partial charge in [0.1, 0.15) is 0 Å². The molecule has 2 N–H and O–H groups in total. The quantitative estimate of drug-likeness (QED) is 0.866. The lowest BCUT2D eigenvalue weighted by Crippen LogP contribution is -2.00. The van der Waals surface area contributed by atoms with E-state index in [0.717, 1.165) is 11.1 Å². The Balaban J connectivity index is 2.03. The van der Waals surface area contributed by atoms with Crippen molar-refractivity contribution < 1.29 is 4.21 Å². The van der Waals surface area contributed by atoms with Gasteiger partial charge in [0.25, 0.3) is 0 Å². The van der Waals surface area contributed by atoms with Crippen LogP contribution >= 0.6 is 23.2 Å². The van der Waals surface area contributed by atoms with Gasteiger partial charge in [-0.15, -0.1) is 0 Å². The smallest absolute Gasteiger partial charge is 0.0503 e. The average Bonchev–Trinajstić information content (AvgIpc) is 2.36. The van der Waals surface area contributed by atoms with Crippen molar-refractivity contribution in [3.8, 4) is 0 Å². The van der Waals surface area contributed by atoms with Crippen LogP contribution in [0.5, 0.6) is 0 Å². The highest BCUT2D eigenvalue weighted by atomic mass is 35.5. The summed E-state index contributed by atoms with van der Waals surface area (Å²) in [7, 11) is -1.01. The number of halogens is 2. The molecule has 2 rings (SSSR count). The van der Waals surface area contributed by atoms with Crippen LogP contribution in [0.15, 0.2) is 42.5 Å². The van der Waals surface area contributed by atoms with E-state index in [1.165, 1.54) is 0 Å². The predicted molar refractivity (Wildman–Crippen MR) is 82.9 cm³/mol. The fraction of sp³-hybridized carbons (Fsp3) is 0.143. The van der Waals surface area contributed by atoms with Crippen LogP contribution in [-0.2, 0) is 22.3 Å². The molecule has 0 aliphatic carbocycles. The number of anilines is 1. The first-order valence-electron chi connectivity index (χ1n) is 5.68. The maximum absolute atomic E-state index is 12.1. The first-order chi connectivity index (χ1) is 9.04. The number of hydrogen-bond donors (Lipinski definition) is 1. The highest BCUT2D eigenvalue weighted by molar-refractivity contribution is 7.83. The molecule has 19 heavy (non-hydrogen) atoms. The standard InChI is InChI=1S/C14H13Cl2NOS/c15-12-4-1-10(2-5-12)8-19(18)9-11-3-6-13(17)7-14(11)16/h1-7H,8-9,17H2. The van der Waals surface area contributed by atoms with Crippen molar-refractivity contribution >= 4 is 39.7 Å². The van der Waals surface area contributed by atoms with Gasteiger partial charge >= 0.3 is 0 Å². The summed E-state index contributed by atoms with van der Waals surface area (Å²) in [6.07, 6.45) is 0. The monoisotopic (exact) mass is 313 g/mol. The van der Waals surface area contributed by atoms with Gasteiger partial charge in [-0.2, -0.15) is 0 Å². The lowest BCUT2D eigenvalue weighted by molar-refractivity contribution is 0.682. The Morgan fingerprint density at radius 3 is 2.32 bits per heavy atom.